The Bertz CT molecular complexity index is 1110. The monoisotopic (exact) mass is 912 g/mol. The maximum atomic E-state index is 13.2. The molecule has 0 aromatic rings. The quantitative estimate of drug-likeness (QED) is 0.0321. The molecule has 6 heteroatoms. The summed E-state index contributed by atoms with van der Waals surface area (Å²) >= 11 is 0. The number of aliphatic hydroxyl groups is 2. The highest BCUT2D eigenvalue weighted by Crippen LogP contribution is 2.17. The van der Waals surface area contributed by atoms with Gasteiger partial charge in [0.25, 0.3) is 0 Å². The lowest BCUT2D eigenvalue weighted by atomic mass is 10.0. The van der Waals surface area contributed by atoms with Crippen LogP contribution in [0.25, 0.3) is 0 Å². The highest BCUT2D eigenvalue weighted by molar-refractivity contribution is 5.78. The maximum Gasteiger partial charge on any atom is 0.306 e. The zero-order valence-corrected chi connectivity index (χ0v) is 43.4. The van der Waals surface area contributed by atoms with E-state index in [1.165, 1.54) is 193 Å². The van der Waals surface area contributed by atoms with Crippen LogP contribution >= 0.6 is 0 Å². The summed E-state index contributed by atoms with van der Waals surface area (Å²) < 4.78 is 5.85. The van der Waals surface area contributed by atoms with Gasteiger partial charge in [-0.1, -0.05) is 256 Å². The van der Waals surface area contributed by atoms with Crippen molar-refractivity contribution < 1.29 is 24.5 Å². The van der Waals surface area contributed by atoms with Crippen LogP contribution < -0.4 is 5.32 Å². The molecular formula is C59H109NO5. The summed E-state index contributed by atoms with van der Waals surface area (Å²) in [5.41, 5.74) is 0. The van der Waals surface area contributed by atoms with Crippen LogP contribution in [0.3, 0.4) is 0 Å². The van der Waals surface area contributed by atoms with Gasteiger partial charge in [-0.25, -0.2) is 0 Å². The standard InChI is InChI=1S/C59H109NO5/c1-4-7-10-13-16-19-22-24-26-28-29-30-32-34-37-40-43-46-49-52-59(64)65-55(50-47-44-41-38-35-21-18-15-12-9-6-3)53-58(63)60-56(54-61)57(62)51-48-45-42-39-36-33-31-27-25-23-20-17-14-11-8-5-2/h16,19,24,26,38,41,47,50,55-57,61-62H,4-15,17-18,20-23,25,27-37,39-40,42-46,48-49,51-54H2,1-3H3,(H,60,63)/b19-16-,26-24-,41-38-,50-47+. The van der Waals surface area contributed by atoms with Gasteiger partial charge < -0.3 is 20.3 Å². The Morgan fingerprint density at radius 2 is 0.815 bits per heavy atom. The van der Waals surface area contributed by atoms with E-state index in [0.717, 1.165) is 57.8 Å². The molecule has 0 spiro atoms. The van der Waals surface area contributed by atoms with Crippen LogP contribution in [-0.4, -0.2) is 46.9 Å². The zero-order valence-electron chi connectivity index (χ0n) is 43.4. The van der Waals surface area contributed by atoms with E-state index in [0.29, 0.717) is 12.8 Å². The summed E-state index contributed by atoms with van der Waals surface area (Å²) in [6.07, 6.45) is 65.0. The zero-order chi connectivity index (χ0) is 47.4. The average Bonchev–Trinajstić information content (AvgIpc) is 3.30. The Morgan fingerprint density at radius 1 is 0.462 bits per heavy atom. The summed E-state index contributed by atoms with van der Waals surface area (Å²) in [5.74, 6) is -0.598. The van der Waals surface area contributed by atoms with Crippen molar-refractivity contribution in [3.05, 3.63) is 48.6 Å². The second-order valence-electron chi connectivity index (χ2n) is 19.3. The van der Waals surface area contributed by atoms with E-state index in [4.69, 9.17) is 4.74 Å². The summed E-state index contributed by atoms with van der Waals surface area (Å²) in [5, 5.41) is 23.8. The van der Waals surface area contributed by atoms with Gasteiger partial charge in [-0.2, -0.15) is 0 Å². The Labute approximate surface area is 404 Å². The van der Waals surface area contributed by atoms with Crippen molar-refractivity contribution in [2.45, 2.75) is 309 Å². The van der Waals surface area contributed by atoms with E-state index in [9.17, 15) is 19.8 Å². The SMILES string of the molecule is CCCCC/C=C\C/C=C\CCCCCCCCCCCC(=O)OC(/C=C/C/C=C\CCCCCCCC)CC(=O)NC(CO)C(O)CCCCCCCCCCCCCCCCCC. The first kappa shape index (κ1) is 62.8. The number of carbonyl (C=O) groups is 2. The van der Waals surface area contributed by atoms with Crippen LogP contribution in [0, 0.1) is 0 Å². The van der Waals surface area contributed by atoms with E-state index in [2.05, 4.69) is 62.5 Å². The van der Waals surface area contributed by atoms with Crippen molar-refractivity contribution in [3.8, 4) is 0 Å². The normalized spacial score (nSPS) is 13.5. The number of hydrogen-bond acceptors (Lipinski definition) is 5. The lowest BCUT2D eigenvalue weighted by molar-refractivity contribution is -0.148. The molecule has 0 aliphatic carbocycles. The molecule has 0 rings (SSSR count). The van der Waals surface area contributed by atoms with E-state index in [1.54, 1.807) is 0 Å². The first-order chi connectivity index (χ1) is 32.0. The van der Waals surface area contributed by atoms with Gasteiger partial charge in [0.1, 0.15) is 6.10 Å². The van der Waals surface area contributed by atoms with Gasteiger partial charge in [0.05, 0.1) is 25.2 Å². The minimum absolute atomic E-state index is 0.0290. The van der Waals surface area contributed by atoms with Crippen LogP contribution in [0.4, 0.5) is 0 Å². The number of rotatable bonds is 51. The number of aliphatic hydroxyl groups excluding tert-OH is 2. The van der Waals surface area contributed by atoms with Gasteiger partial charge in [-0.15, -0.1) is 0 Å². The van der Waals surface area contributed by atoms with Gasteiger partial charge in [0.15, 0.2) is 0 Å². The number of unbranched alkanes of at least 4 members (excludes halogenated alkanes) is 33. The summed E-state index contributed by atoms with van der Waals surface area (Å²) in [6, 6.07) is -0.733. The van der Waals surface area contributed by atoms with Crippen LogP contribution in [0.5, 0.6) is 0 Å². The number of allylic oxidation sites excluding steroid dienone is 7. The molecule has 3 unspecified atom stereocenters. The topological polar surface area (TPSA) is 95.9 Å². The van der Waals surface area contributed by atoms with Crippen LogP contribution in [0.15, 0.2) is 48.6 Å². The minimum atomic E-state index is -0.811. The van der Waals surface area contributed by atoms with Crippen molar-refractivity contribution >= 4 is 11.9 Å². The van der Waals surface area contributed by atoms with Crippen molar-refractivity contribution in [2.75, 3.05) is 6.61 Å². The van der Waals surface area contributed by atoms with Gasteiger partial charge in [-0.3, -0.25) is 9.59 Å². The highest BCUT2D eigenvalue weighted by Gasteiger charge is 2.23. The van der Waals surface area contributed by atoms with Crippen molar-refractivity contribution in [2.24, 2.45) is 0 Å². The van der Waals surface area contributed by atoms with Gasteiger partial charge >= 0.3 is 5.97 Å². The molecule has 0 fully saturated rings. The molecule has 0 heterocycles. The molecule has 0 aromatic heterocycles. The third-order valence-electron chi connectivity index (χ3n) is 12.9. The Balaban J connectivity index is 4.51. The molecule has 6 nitrogen and oxygen atoms in total. The van der Waals surface area contributed by atoms with Crippen LogP contribution in [0.2, 0.25) is 0 Å². The number of hydrogen-bond donors (Lipinski definition) is 3. The molecule has 0 saturated carbocycles. The molecule has 3 N–H and O–H groups in total. The predicted molar refractivity (Wildman–Crippen MR) is 282 cm³/mol. The molecule has 1 amide bonds. The fourth-order valence-corrected chi connectivity index (χ4v) is 8.54. The third kappa shape index (κ3) is 48.1. The number of amides is 1. The lowest BCUT2D eigenvalue weighted by Gasteiger charge is -2.23. The maximum absolute atomic E-state index is 13.2. The fourth-order valence-electron chi connectivity index (χ4n) is 8.54. The van der Waals surface area contributed by atoms with Crippen molar-refractivity contribution in [3.63, 3.8) is 0 Å². The lowest BCUT2D eigenvalue weighted by Crippen LogP contribution is -2.46. The van der Waals surface area contributed by atoms with Crippen molar-refractivity contribution in [1.29, 1.82) is 0 Å². The first-order valence-electron chi connectivity index (χ1n) is 28.4. The first-order valence-corrected chi connectivity index (χ1v) is 28.4. The van der Waals surface area contributed by atoms with E-state index in [1.807, 2.05) is 12.2 Å². The Hall–Kier alpha value is -2.18. The second kappa shape index (κ2) is 52.8. The Kier molecular flexibility index (Phi) is 51.0. The molecule has 0 radical (unpaired) electrons. The smallest absolute Gasteiger partial charge is 0.306 e. The number of carbonyl (C=O) groups excluding carboxylic acids is 2. The predicted octanol–water partition coefficient (Wildman–Crippen LogP) is 17.4. The summed E-state index contributed by atoms with van der Waals surface area (Å²) in [7, 11) is 0. The average molecular weight is 913 g/mol. The van der Waals surface area contributed by atoms with E-state index >= 15 is 0 Å². The van der Waals surface area contributed by atoms with E-state index < -0.39 is 18.2 Å². The number of esters is 1. The third-order valence-corrected chi connectivity index (χ3v) is 12.9. The van der Waals surface area contributed by atoms with Gasteiger partial charge in [-0.05, 0) is 70.3 Å². The molecule has 380 valence electrons. The summed E-state index contributed by atoms with van der Waals surface area (Å²) in [6.45, 7) is 6.44. The van der Waals surface area contributed by atoms with Gasteiger partial charge in [0.2, 0.25) is 5.91 Å². The minimum Gasteiger partial charge on any atom is -0.458 e. The molecule has 0 saturated heterocycles. The number of nitrogens with one attached hydrogen (secondary N) is 1. The van der Waals surface area contributed by atoms with Gasteiger partial charge in [0, 0.05) is 6.42 Å². The second-order valence-corrected chi connectivity index (χ2v) is 19.3. The molecule has 3 atom stereocenters. The number of ether oxygens (including phenoxy) is 1. The van der Waals surface area contributed by atoms with Crippen LogP contribution in [-0.2, 0) is 14.3 Å². The molecule has 0 bridgehead atoms. The molecule has 65 heavy (non-hydrogen) atoms. The van der Waals surface area contributed by atoms with Crippen molar-refractivity contribution in [1.82, 2.24) is 5.32 Å². The summed E-state index contributed by atoms with van der Waals surface area (Å²) in [4.78, 5) is 26.1. The fraction of sp³-hybridized carbons (Fsp3) is 0.831. The van der Waals surface area contributed by atoms with E-state index in [-0.39, 0.29) is 24.9 Å². The highest BCUT2D eigenvalue weighted by atomic mass is 16.5. The molecule has 0 aliphatic rings. The Morgan fingerprint density at radius 3 is 1.25 bits per heavy atom. The molecular weight excluding hydrogens is 803 g/mol. The molecule has 0 aromatic carbocycles. The largest absolute Gasteiger partial charge is 0.458 e. The molecule has 0 aliphatic heterocycles. The van der Waals surface area contributed by atoms with Crippen LogP contribution in [0.1, 0.15) is 290 Å².